The summed E-state index contributed by atoms with van der Waals surface area (Å²) in [6, 6.07) is 5.02. The molecule has 5 heteroatoms. The van der Waals surface area contributed by atoms with Gasteiger partial charge in [0.05, 0.1) is 0 Å². The topological polar surface area (TPSA) is 43.8 Å². The largest absolute Gasteiger partial charge is 0.329 e. The third kappa shape index (κ3) is 2.91. The number of imidazole rings is 1. The highest BCUT2D eigenvalue weighted by Crippen LogP contribution is 2.30. The van der Waals surface area contributed by atoms with Crippen LogP contribution in [-0.2, 0) is 13.5 Å². The first-order valence-electron chi connectivity index (χ1n) is 5.76. The number of halogens is 1. The second kappa shape index (κ2) is 5.54. The van der Waals surface area contributed by atoms with Gasteiger partial charge in [0, 0.05) is 35.9 Å². The average Bonchev–Trinajstić information content (AvgIpc) is 2.69. The van der Waals surface area contributed by atoms with Crippen molar-refractivity contribution in [3.8, 4) is 0 Å². The van der Waals surface area contributed by atoms with E-state index in [-0.39, 0.29) is 11.9 Å². The van der Waals surface area contributed by atoms with Gasteiger partial charge in [0.1, 0.15) is 5.82 Å². The van der Waals surface area contributed by atoms with E-state index >= 15 is 0 Å². The molecule has 0 amide bonds. The number of benzene rings is 1. The van der Waals surface area contributed by atoms with Crippen molar-refractivity contribution >= 4 is 11.8 Å². The Morgan fingerprint density at radius 3 is 2.89 bits per heavy atom. The standard InChI is InChI=1S/C13H16FN3S/c1-9(15)8-10-11(14)4-3-5-12(10)18-13-16-6-7-17(13)2/h3-7,9H,8,15H2,1-2H3. The lowest BCUT2D eigenvalue weighted by molar-refractivity contribution is 0.588. The molecule has 0 fully saturated rings. The summed E-state index contributed by atoms with van der Waals surface area (Å²) in [5.74, 6) is -0.202. The van der Waals surface area contributed by atoms with Crippen LogP contribution in [0.15, 0.2) is 40.6 Å². The van der Waals surface area contributed by atoms with Crippen LogP contribution < -0.4 is 5.73 Å². The summed E-state index contributed by atoms with van der Waals surface area (Å²) in [5, 5.41) is 0.839. The molecule has 2 N–H and O–H groups in total. The summed E-state index contributed by atoms with van der Waals surface area (Å²) in [7, 11) is 1.92. The number of nitrogens with zero attached hydrogens (tertiary/aromatic N) is 2. The highest BCUT2D eigenvalue weighted by atomic mass is 32.2. The minimum Gasteiger partial charge on any atom is -0.329 e. The Bertz CT molecular complexity index is 537. The smallest absolute Gasteiger partial charge is 0.172 e. The zero-order chi connectivity index (χ0) is 13.1. The molecule has 0 spiro atoms. The molecule has 2 rings (SSSR count). The first kappa shape index (κ1) is 13.1. The third-order valence-corrected chi connectivity index (χ3v) is 3.76. The van der Waals surface area contributed by atoms with Gasteiger partial charge in [-0.3, -0.25) is 0 Å². The fourth-order valence-electron chi connectivity index (χ4n) is 1.70. The van der Waals surface area contributed by atoms with Crippen molar-refractivity contribution in [1.82, 2.24) is 9.55 Å². The molecule has 1 unspecified atom stereocenters. The number of hydrogen-bond donors (Lipinski definition) is 1. The lowest BCUT2D eigenvalue weighted by Gasteiger charge is -2.12. The highest BCUT2D eigenvalue weighted by molar-refractivity contribution is 7.99. The van der Waals surface area contributed by atoms with E-state index in [2.05, 4.69) is 4.98 Å². The molecule has 0 bridgehead atoms. The van der Waals surface area contributed by atoms with E-state index in [4.69, 9.17) is 5.73 Å². The number of hydrogen-bond acceptors (Lipinski definition) is 3. The number of nitrogens with two attached hydrogens (primary N) is 1. The molecule has 0 saturated carbocycles. The van der Waals surface area contributed by atoms with Gasteiger partial charge in [-0.05, 0) is 25.5 Å². The number of rotatable bonds is 4. The minimum atomic E-state index is -0.202. The first-order chi connectivity index (χ1) is 8.58. The fraction of sp³-hybridized carbons (Fsp3) is 0.308. The Morgan fingerprint density at radius 1 is 1.50 bits per heavy atom. The van der Waals surface area contributed by atoms with Crippen molar-refractivity contribution in [3.63, 3.8) is 0 Å². The van der Waals surface area contributed by atoms with Crippen LogP contribution in [0, 0.1) is 5.82 Å². The summed E-state index contributed by atoms with van der Waals surface area (Å²) in [6.07, 6.45) is 4.12. The van der Waals surface area contributed by atoms with Gasteiger partial charge in [-0.15, -0.1) is 0 Å². The van der Waals surface area contributed by atoms with Crippen molar-refractivity contribution < 1.29 is 4.39 Å². The van der Waals surface area contributed by atoms with Crippen molar-refractivity contribution in [2.45, 2.75) is 29.4 Å². The first-order valence-corrected chi connectivity index (χ1v) is 6.57. The van der Waals surface area contributed by atoms with Crippen LogP contribution in [0.25, 0.3) is 0 Å². The van der Waals surface area contributed by atoms with Crippen LogP contribution in [0.2, 0.25) is 0 Å². The molecular formula is C13H16FN3S. The van der Waals surface area contributed by atoms with Crippen LogP contribution >= 0.6 is 11.8 Å². The van der Waals surface area contributed by atoms with E-state index in [9.17, 15) is 4.39 Å². The average molecular weight is 265 g/mol. The maximum Gasteiger partial charge on any atom is 0.172 e. The minimum absolute atomic E-state index is 0.0670. The Kier molecular flexibility index (Phi) is 4.04. The molecule has 0 aliphatic carbocycles. The summed E-state index contributed by atoms with van der Waals surface area (Å²) < 4.78 is 15.8. The zero-order valence-corrected chi connectivity index (χ0v) is 11.2. The summed E-state index contributed by atoms with van der Waals surface area (Å²) in [4.78, 5) is 5.11. The molecule has 1 aromatic carbocycles. The Hall–Kier alpha value is -1.33. The monoisotopic (exact) mass is 265 g/mol. The van der Waals surface area contributed by atoms with Gasteiger partial charge in [-0.25, -0.2) is 9.37 Å². The Morgan fingerprint density at radius 2 is 2.28 bits per heavy atom. The quantitative estimate of drug-likeness (QED) is 0.924. The van der Waals surface area contributed by atoms with Gasteiger partial charge in [-0.2, -0.15) is 0 Å². The van der Waals surface area contributed by atoms with E-state index in [0.717, 1.165) is 10.1 Å². The fourth-order valence-corrected chi connectivity index (χ4v) is 2.67. The second-order valence-corrected chi connectivity index (χ2v) is 5.33. The van der Waals surface area contributed by atoms with Crippen LogP contribution in [0.5, 0.6) is 0 Å². The van der Waals surface area contributed by atoms with Gasteiger partial charge >= 0.3 is 0 Å². The van der Waals surface area contributed by atoms with E-state index < -0.39 is 0 Å². The molecule has 0 saturated heterocycles. The second-order valence-electron chi connectivity index (χ2n) is 4.32. The maximum atomic E-state index is 13.8. The number of aryl methyl sites for hydroxylation is 1. The van der Waals surface area contributed by atoms with Crippen LogP contribution in [0.3, 0.4) is 0 Å². The summed E-state index contributed by atoms with van der Waals surface area (Å²) in [5.41, 5.74) is 6.44. The summed E-state index contributed by atoms with van der Waals surface area (Å²) >= 11 is 1.46. The Balaban J connectivity index is 2.32. The van der Waals surface area contributed by atoms with Gasteiger partial charge in [0.15, 0.2) is 5.16 Å². The molecule has 3 nitrogen and oxygen atoms in total. The maximum absolute atomic E-state index is 13.8. The van der Waals surface area contributed by atoms with Gasteiger partial charge < -0.3 is 10.3 Å². The molecule has 0 aliphatic heterocycles. The van der Waals surface area contributed by atoms with Crippen molar-refractivity contribution in [2.75, 3.05) is 0 Å². The SMILES string of the molecule is CC(N)Cc1c(F)cccc1Sc1nccn1C. The lowest BCUT2D eigenvalue weighted by atomic mass is 10.1. The molecule has 1 atom stereocenters. The number of aromatic nitrogens is 2. The van der Waals surface area contributed by atoms with Crippen molar-refractivity contribution in [2.24, 2.45) is 12.8 Å². The zero-order valence-electron chi connectivity index (χ0n) is 10.4. The Labute approximate surface area is 110 Å². The van der Waals surface area contributed by atoms with Gasteiger partial charge in [0.2, 0.25) is 0 Å². The summed E-state index contributed by atoms with van der Waals surface area (Å²) in [6.45, 7) is 1.88. The van der Waals surface area contributed by atoms with Crippen LogP contribution in [0.1, 0.15) is 12.5 Å². The lowest BCUT2D eigenvalue weighted by Crippen LogP contribution is -2.19. The molecule has 96 valence electrons. The molecule has 0 radical (unpaired) electrons. The molecule has 18 heavy (non-hydrogen) atoms. The molecular weight excluding hydrogens is 249 g/mol. The van der Waals surface area contributed by atoms with E-state index in [1.807, 2.05) is 30.8 Å². The van der Waals surface area contributed by atoms with E-state index in [0.29, 0.717) is 12.0 Å². The van der Waals surface area contributed by atoms with Crippen LogP contribution in [0.4, 0.5) is 4.39 Å². The normalized spacial score (nSPS) is 12.7. The van der Waals surface area contributed by atoms with Crippen molar-refractivity contribution in [3.05, 3.63) is 42.0 Å². The predicted molar refractivity (Wildman–Crippen MR) is 71.1 cm³/mol. The van der Waals surface area contributed by atoms with Crippen molar-refractivity contribution in [1.29, 1.82) is 0 Å². The third-order valence-electron chi connectivity index (χ3n) is 2.58. The van der Waals surface area contributed by atoms with E-state index in [1.165, 1.54) is 17.8 Å². The highest BCUT2D eigenvalue weighted by Gasteiger charge is 2.13. The van der Waals surface area contributed by atoms with Gasteiger partial charge in [-0.1, -0.05) is 17.8 Å². The van der Waals surface area contributed by atoms with E-state index in [1.54, 1.807) is 12.3 Å². The van der Waals surface area contributed by atoms with Gasteiger partial charge in [0.25, 0.3) is 0 Å². The molecule has 0 aliphatic rings. The molecule has 1 heterocycles. The van der Waals surface area contributed by atoms with Crippen LogP contribution in [-0.4, -0.2) is 15.6 Å². The molecule has 1 aromatic heterocycles. The predicted octanol–water partition coefficient (Wildman–Crippen LogP) is 2.60. The molecule has 2 aromatic rings.